The van der Waals surface area contributed by atoms with E-state index in [0.29, 0.717) is 12.8 Å². The van der Waals surface area contributed by atoms with Crippen molar-refractivity contribution >= 4 is 22.9 Å². The van der Waals surface area contributed by atoms with Gasteiger partial charge in [-0.05, 0) is 70.1 Å². The Kier molecular flexibility index (Phi) is 10.9. The number of carbonyl (C=O) groups is 2. The summed E-state index contributed by atoms with van der Waals surface area (Å²) >= 11 is 0. The van der Waals surface area contributed by atoms with E-state index < -0.39 is 17.7 Å². The minimum absolute atomic E-state index is 0.115. The topological polar surface area (TPSA) is 94.5 Å². The molecular weight excluding hydrogens is 516 g/mol. The van der Waals surface area contributed by atoms with Crippen LogP contribution in [0, 0.1) is 5.92 Å². The monoisotopic (exact) mass is 562 g/mol. The first-order chi connectivity index (χ1) is 19.7. The predicted octanol–water partition coefficient (Wildman–Crippen LogP) is 5.88. The van der Waals surface area contributed by atoms with Crippen molar-refractivity contribution in [3.8, 4) is 0 Å². The lowest BCUT2D eigenvalue weighted by Gasteiger charge is -2.34. The van der Waals surface area contributed by atoms with Crippen LogP contribution in [0.2, 0.25) is 0 Å². The van der Waals surface area contributed by atoms with Crippen LogP contribution < -0.4 is 10.8 Å². The van der Waals surface area contributed by atoms with Crippen molar-refractivity contribution in [3.63, 3.8) is 0 Å². The van der Waals surface area contributed by atoms with E-state index in [1.807, 2.05) is 69.3 Å². The highest BCUT2D eigenvalue weighted by molar-refractivity contribution is 5.83. The number of hydroxylamine groups is 1. The van der Waals surface area contributed by atoms with Crippen LogP contribution in [0.15, 0.2) is 54.6 Å². The first-order valence-electron chi connectivity index (χ1n) is 15.1. The second-order valence-electron chi connectivity index (χ2n) is 12.1. The number of ether oxygens (including phenoxy) is 1. The van der Waals surface area contributed by atoms with Crippen molar-refractivity contribution in [1.29, 1.82) is 0 Å². The van der Waals surface area contributed by atoms with Gasteiger partial charge < -0.3 is 9.30 Å². The second kappa shape index (κ2) is 14.6. The molecule has 0 spiro atoms. The molecular formula is C33H46N4O4. The molecule has 2 N–H and O–H groups in total. The summed E-state index contributed by atoms with van der Waals surface area (Å²) in [6.45, 7) is 8.89. The van der Waals surface area contributed by atoms with E-state index in [2.05, 4.69) is 28.4 Å². The van der Waals surface area contributed by atoms with Crippen LogP contribution >= 0.6 is 0 Å². The van der Waals surface area contributed by atoms with Crippen molar-refractivity contribution in [2.75, 3.05) is 0 Å². The smallest absolute Gasteiger partial charge is 0.323 e. The van der Waals surface area contributed by atoms with Gasteiger partial charge in [-0.2, -0.15) is 0 Å². The maximum atomic E-state index is 13.6. The molecule has 1 unspecified atom stereocenters. The Hall–Kier alpha value is -3.23. The van der Waals surface area contributed by atoms with Crippen LogP contribution in [-0.2, 0) is 38.7 Å². The van der Waals surface area contributed by atoms with Crippen molar-refractivity contribution in [3.05, 3.63) is 66.0 Å². The van der Waals surface area contributed by atoms with Crippen LogP contribution in [-0.4, -0.2) is 39.1 Å². The van der Waals surface area contributed by atoms with E-state index in [1.165, 1.54) is 6.42 Å². The number of nitrogens with zero attached hydrogens (tertiary/aromatic N) is 2. The highest BCUT2D eigenvalue weighted by Gasteiger charge is 2.36. The van der Waals surface area contributed by atoms with E-state index in [4.69, 9.17) is 14.6 Å². The maximum absolute atomic E-state index is 13.6. The third-order valence-corrected chi connectivity index (χ3v) is 7.57. The van der Waals surface area contributed by atoms with Gasteiger partial charge in [0, 0.05) is 13.0 Å². The minimum Gasteiger partial charge on any atom is -0.459 e. The predicted molar refractivity (Wildman–Crippen MR) is 161 cm³/mol. The molecule has 4 rings (SSSR count). The van der Waals surface area contributed by atoms with E-state index in [0.717, 1.165) is 61.1 Å². The Morgan fingerprint density at radius 2 is 1.73 bits per heavy atom. The number of hydrogen-bond acceptors (Lipinski definition) is 6. The fraction of sp³-hybridized carbons (Fsp3) is 0.545. The SMILES string of the molecule is CCCn1c(CCC(N[C@H](C(=O)OC(C)(C)C)C2CCCCC2)C(=O)NOCc2ccccc2)nc2ccccc21. The van der Waals surface area contributed by atoms with Crippen molar-refractivity contribution < 1.29 is 19.2 Å². The summed E-state index contributed by atoms with van der Waals surface area (Å²) in [4.78, 5) is 37.6. The molecule has 1 aliphatic carbocycles. The first kappa shape index (κ1) is 30.7. The number of aromatic nitrogens is 2. The molecule has 41 heavy (non-hydrogen) atoms. The van der Waals surface area contributed by atoms with Crippen LogP contribution in [0.25, 0.3) is 11.0 Å². The van der Waals surface area contributed by atoms with Gasteiger partial charge in [-0.1, -0.05) is 68.7 Å². The summed E-state index contributed by atoms with van der Waals surface area (Å²) in [6.07, 6.45) is 7.19. The molecule has 0 bridgehead atoms. The summed E-state index contributed by atoms with van der Waals surface area (Å²) in [6, 6.07) is 16.6. The first-order valence-corrected chi connectivity index (χ1v) is 15.1. The summed E-state index contributed by atoms with van der Waals surface area (Å²) in [5, 5.41) is 3.45. The van der Waals surface area contributed by atoms with Gasteiger partial charge in [0.2, 0.25) is 0 Å². The summed E-state index contributed by atoms with van der Waals surface area (Å²) in [5.41, 5.74) is 5.03. The number of benzene rings is 2. The normalized spacial score (nSPS) is 15.9. The number of esters is 1. The van der Waals surface area contributed by atoms with Gasteiger partial charge in [0.15, 0.2) is 0 Å². The molecule has 2 atom stereocenters. The average molecular weight is 563 g/mol. The summed E-state index contributed by atoms with van der Waals surface area (Å²) in [7, 11) is 0. The third kappa shape index (κ3) is 8.88. The quantitative estimate of drug-likeness (QED) is 0.200. The van der Waals surface area contributed by atoms with Gasteiger partial charge in [0.1, 0.15) is 17.5 Å². The standard InChI is InChI=1S/C33H46N4O4/c1-5-22-37-28-19-13-12-18-26(28)34-29(37)21-20-27(31(38)36-40-23-24-14-8-6-9-15-24)35-30(25-16-10-7-11-17-25)32(39)41-33(2,3)4/h6,8-9,12-15,18-19,25,27,30,35H,5,7,10-11,16-17,20-23H2,1-4H3,(H,36,38)/t27?,30-/m0/s1. The van der Waals surface area contributed by atoms with Gasteiger partial charge in [0.05, 0.1) is 23.7 Å². The van der Waals surface area contributed by atoms with Crippen molar-refractivity contribution in [1.82, 2.24) is 20.3 Å². The molecule has 222 valence electrons. The summed E-state index contributed by atoms with van der Waals surface area (Å²) < 4.78 is 8.08. The van der Waals surface area contributed by atoms with Gasteiger partial charge in [-0.25, -0.2) is 10.5 Å². The molecule has 1 amide bonds. The third-order valence-electron chi connectivity index (χ3n) is 7.57. The lowest BCUT2D eigenvalue weighted by atomic mass is 9.83. The number of nitrogens with one attached hydrogen (secondary N) is 2. The van der Waals surface area contributed by atoms with Crippen LogP contribution in [0.4, 0.5) is 0 Å². The van der Waals surface area contributed by atoms with Gasteiger partial charge in [0.25, 0.3) is 5.91 Å². The maximum Gasteiger partial charge on any atom is 0.323 e. The molecule has 1 aromatic heterocycles. The summed E-state index contributed by atoms with van der Waals surface area (Å²) in [5.74, 6) is 0.446. The number of amides is 1. The fourth-order valence-electron chi connectivity index (χ4n) is 5.63. The molecule has 1 saturated carbocycles. The Labute approximate surface area is 244 Å². The van der Waals surface area contributed by atoms with Gasteiger partial charge >= 0.3 is 5.97 Å². The van der Waals surface area contributed by atoms with Crippen LogP contribution in [0.3, 0.4) is 0 Å². The molecule has 1 aliphatic rings. The van der Waals surface area contributed by atoms with E-state index in [1.54, 1.807) is 0 Å². The number of imidazole rings is 1. The minimum atomic E-state index is -0.667. The Morgan fingerprint density at radius 3 is 2.44 bits per heavy atom. The molecule has 1 heterocycles. The molecule has 8 heteroatoms. The molecule has 0 saturated heterocycles. The number of aryl methyl sites for hydroxylation is 2. The molecule has 0 radical (unpaired) electrons. The van der Waals surface area contributed by atoms with E-state index in [-0.39, 0.29) is 24.4 Å². The molecule has 3 aromatic rings. The highest BCUT2D eigenvalue weighted by atomic mass is 16.7. The number of fused-ring (bicyclic) bond motifs is 1. The number of para-hydroxylation sites is 2. The zero-order chi connectivity index (χ0) is 29.2. The average Bonchev–Trinajstić information content (AvgIpc) is 3.30. The zero-order valence-electron chi connectivity index (χ0n) is 25.0. The number of rotatable bonds is 13. The lowest BCUT2D eigenvalue weighted by molar-refractivity contribution is -0.160. The fourth-order valence-corrected chi connectivity index (χ4v) is 5.63. The zero-order valence-corrected chi connectivity index (χ0v) is 25.0. The Bertz CT molecular complexity index is 1260. The molecule has 8 nitrogen and oxygen atoms in total. The number of hydrogen-bond donors (Lipinski definition) is 2. The van der Waals surface area contributed by atoms with Crippen molar-refractivity contribution in [2.45, 2.75) is 110 Å². The molecule has 2 aromatic carbocycles. The molecule has 0 aliphatic heterocycles. The second-order valence-corrected chi connectivity index (χ2v) is 12.1. The molecule has 1 fully saturated rings. The van der Waals surface area contributed by atoms with E-state index >= 15 is 0 Å². The Balaban J connectivity index is 1.55. The highest BCUT2D eigenvalue weighted by Crippen LogP contribution is 2.29. The van der Waals surface area contributed by atoms with Crippen molar-refractivity contribution in [2.24, 2.45) is 5.92 Å². The Morgan fingerprint density at radius 1 is 1.02 bits per heavy atom. The largest absolute Gasteiger partial charge is 0.459 e. The van der Waals surface area contributed by atoms with Gasteiger partial charge in [-0.3, -0.25) is 19.7 Å². The van der Waals surface area contributed by atoms with Gasteiger partial charge in [-0.15, -0.1) is 0 Å². The van der Waals surface area contributed by atoms with Crippen LogP contribution in [0.1, 0.15) is 84.0 Å². The number of carbonyl (C=O) groups excluding carboxylic acids is 2. The van der Waals surface area contributed by atoms with Crippen LogP contribution in [0.5, 0.6) is 0 Å². The lowest BCUT2D eigenvalue weighted by Crippen LogP contribution is -2.55. The van der Waals surface area contributed by atoms with E-state index in [9.17, 15) is 9.59 Å².